The van der Waals surface area contributed by atoms with Gasteiger partial charge in [-0.05, 0) is 40.8 Å². The third-order valence-electron chi connectivity index (χ3n) is 4.16. The summed E-state index contributed by atoms with van der Waals surface area (Å²) in [5.74, 6) is -0.235. The zero-order valence-electron chi connectivity index (χ0n) is 15.9. The van der Waals surface area contributed by atoms with Crippen LogP contribution in [-0.4, -0.2) is 37.4 Å². The molecule has 0 saturated carbocycles. The van der Waals surface area contributed by atoms with E-state index in [1.807, 2.05) is 60.5 Å². The molecule has 0 atom stereocenters. The standard InChI is InChI=1S/C21H27N3O2/c1-21(2,3)18-9-7-17(8-10-18)20(26)23-22-15-16-5-11-19(12-6-16)24(4)13-14-25/h5-12,15,25H,13-14H2,1-4H3,(H,23,26)/b22-15-. The average molecular weight is 353 g/mol. The van der Waals surface area contributed by atoms with Crippen LogP contribution in [-0.2, 0) is 5.41 Å². The van der Waals surface area contributed by atoms with Crippen LogP contribution in [0.25, 0.3) is 0 Å². The molecule has 138 valence electrons. The molecule has 0 bridgehead atoms. The highest BCUT2D eigenvalue weighted by molar-refractivity contribution is 5.94. The van der Waals surface area contributed by atoms with Crippen molar-refractivity contribution in [2.75, 3.05) is 25.1 Å². The number of anilines is 1. The van der Waals surface area contributed by atoms with Gasteiger partial charge in [0.25, 0.3) is 5.91 Å². The summed E-state index contributed by atoms with van der Waals surface area (Å²) in [5.41, 5.74) is 6.27. The maximum Gasteiger partial charge on any atom is 0.271 e. The normalized spacial score (nSPS) is 11.6. The maximum absolute atomic E-state index is 12.2. The minimum absolute atomic E-state index is 0.0601. The van der Waals surface area contributed by atoms with Gasteiger partial charge in [0, 0.05) is 24.8 Å². The second-order valence-electron chi connectivity index (χ2n) is 7.26. The van der Waals surface area contributed by atoms with Crippen molar-refractivity contribution in [3.63, 3.8) is 0 Å². The molecule has 2 N–H and O–H groups in total. The largest absolute Gasteiger partial charge is 0.395 e. The molecule has 0 saturated heterocycles. The molecule has 2 aromatic rings. The maximum atomic E-state index is 12.2. The van der Waals surface area contributed by atoms with Crippen LogP contribution in [0.4, 0.5) is 5.69 Å². The zero-order valence-corrected chi connectivity index (χ0v) is 15.9. The lowest BCUT2D eigenvalue weighted by Crippen LogP contribution is -2.21. The van der Waals surface area contributed by atoms with E-state index in [2.05, 4.69) is 31.3 Å². The van der Waals surface area contributed by atoms with Crippen LogP contribution in [0, 0.1) is 0 Å². The van der Waals surface area contributed by atoms with Gasteiger partial charge in [-0.25, -0.2) is 5.43 Å². The minimum atomic E-state index is -0.235. The van der Waals surface area contributed by atoms with Crippen LogP contribution in [0.1, 0.15) is 42.3 Å². The smallest absolute Gasteiger partial charge is 0.271 e. The molecular formula is C21H27N3O2. The van der Waals surface area contributed by atoms with Crippen molar-refractivity contribution in [1.29, 1.82) is 0 Å². The van der Waals surface area contributed by atoms with Gasteiger partial charge in [-0.1, -0.05) is 45.0 Å². The molecule has 0 aliphatic carbocycles. The first-order chi connectivity index (χ1) is 12.3. The van der Waals surface area contributed by atoms with Crippen LogP contribution >= 0.6 is 0 Å². The quantitative estimate of drug-likeness (QED) is 0.619. The highest BCUT2D eigenvalue weighted by atomic mass is 16.3. The topological polar surface area (TPSA) is 64.9 Å². The summed E-state index contributed by atoms with van der Waals surface area (Å²) in [6.07, 6.45) is 1.61. The van der Waals surface area contributed by atoms with Gasteiger partial charge in [0.15, 0.2) is 0 Å². The fourth-order valence-corrected chi connectivity index (χ4v) is 2.45. The lowest BCUT2D eigenvalue weighted by Gasteiger charge is -2.18. The number of nitrogens with one attached hydrogen (secondary N) is 1. The Kier molecular flexibility index (Phi) is 6.52. The minimum Gasteiger partial charge on any atom is -0.395 e. The first kappa shape index (κ1) is 19.7. The van der Waals surface area contributed by atoms with E-state index in [1.54, 1.807) is 6.21 Å². The molecule has 5 nitrogen and oxygen atoms in total. The molecule has 5 heteroatoms. The summed E-state index contributed by atoms with van der Waals surface area (Å²) in [6.45, 7) is 7.11. The second kappa shape index (κ2) is 8.63. The predicted molar refractivity (Wildman–Crippen MR) is 107 cm³/mol. The second-order valence-corrected chi connectivity index (χ2v) is 7.26. The zero-order chi connectivity index (χ0) is 19.2. The number of carbonyl (C=O) groups is 1. The molecule has 0 aromatic heterocycles. The van der Waals surface area contributed by atoms with Crippen molar-refractivity contribution in [2.45, 2.75) is 26.2 Å². The molecule has 0 radical (unpaired) electrons. The molecule has 1 amide bonds. The number of hydrogen-bond acceptors (Lipinski definition) is 4. The van der Waals surface area contributed by atoms with Crippen LogP contribution in [0.5, 0.6) is 0 Å². The fraction of sp³-hybridized carbons (Fsp3) is 0.333. The van der Waals surface area contributed by atoms with Gasteiger partial charge in [0.2, 0.25) is 0 Å². The van der Waals surface area contributed by atoms with Crippen molar-refractivity contribution < 1.29 is 9.90 Å². The summed E-state index contributed by atoms with van der Waals surface area (Å²) in [7, 11) is 1.92. The van der Waals surface area contributed by atoms with Gasteiger partial charge < -0.3 is 10.0 Å². The number of hydrazone groups is 1. The Labute approximate surface area is 155 Å². The molecule has 0 heterocycles. The van der Waals surface area contributed by atoms with Crippen molar-refractivity contribution in [2.24, 2.45) is 5.10 Å². The number of nitrogens with zero attached hydrogens (tertiary/aromatic N) is 2. The molecule has 0 aliphatic rings. The van der Waals surface area contributed by atoms with Crippen molar-refractivity contribution >= 4 is 17.8 Å². The first-order valence-electron chi connectivity index (χ1n) is 8.67. The SMILES string of the molecule is CN(CCO)c1ccc(/C=N\NC(=O)c2ccc(C(C)(C)C)cc2)cc1. The van der Waals surface area contributed by atoms with E-state index in [0.717, 1.165) is 11.3 Å². The van der Waals surface area contributed by atoms with E-state index >= 15 is 0 Å². The van der Waals surface area contributed by atoms with Crippen molar-refractivity contribution in [3.05, 3.63) is 65.2 Å². The molecule has 2 aromatic carbocycles. The fourth-order valence-electron chi connectivity index (χ4n) is 2.45. The number of likely N-dealkylation sites (N-methyl/N-ethyl adjacent to an activating group) is 1. The molecular weight excluding hydrogens is 326 g/mol. The number of aliphatic hydroxyl groups is 1. The number of rotatable bonds is 6. The highest BCUT2D eigenvalue weighted by Gasteiger charge is 2.14. The molecule has 0 aliphatic heterocycles. The number of carbonyl (C=O) groups excluding carboxylic acids is 1. The molecule has 2 rings (SSSR count). The van der Waals surface area contributed by atoms with Crippen LogP contribution in [0.2, 0.25) is 0 Å². The van der Waals surface area contributed by atoms with Gasteiger partial charge >= 0.3 is 0 Å². The Morgan fingerprint density at radius 2 is 1.73 bits per heavy atom. The van der Waals surface area contributed by atoms with Crippen molar-refractivity contribution in [3.8, 4) is 0 Å². The Balaban J connectivity index is 1.94. The van der Waals surface area contributed by atoms with Crippen LogP contribution in [0.3, 0.4) is 0 Å². The van der Waals surface area contributed by atoms with E-state index in [0.29, 0.717) is 12.1 Å². The summed E-state index contributed by atoms with van der Waals surface area (Å²) >= 11 is 0. The van der Waals surface area contributed by atoms with E-state index in [4.69, 9.17) is 5.11 Å². The van der Waals surface area contributed by atoms with Gasteiger partial charge in [-0.2, -0.15) is 5.10 Å². The number of hydrogen-bond donors (Lipinski definition) is 2. The Hall–Kier alpha value is -2.66. The Morgan fingerprint density at radius 1 is 1.12 bits per heavy atom. The molecule has 26 heavy (non-hydrogen) atoms. The highest BCUT2D eigenvalue weighted by Crippen LogP contribution is 2.22. The first-order valence-corrected chi connectivity index (χ1v) is 8.67. The Morgan fingerprint density at radius 3 is 2.27 bits per heavy atom. The van der Waals surface area contributed by atoms with Crippen molar-refractivity contribution in [1.82, 2.24) is 5.43 Å². The van der Waals surface area contributed by atoms with Crippen LogP contribution in [0.15, 0.2) is 53.6 Å². The summed E-state index contributed by atoms with van der Waals surface area (Å²) in [6, 6.07) is 15.3. The van der Waals surface area contributed by atoms with E-state index in [1.165, 1.54) is 5.56 Å². The Bertz CT molecular complexity index is 744. The summed E-state index contributed by atoms with van der Waals surface area (Å²) in [4.78, 5) is 14.1. The average Bonchev–Trinajstić information content (AvgIpc) is 2.62. The number of amides is 1. The predicted octanol–water partition coefficient (Wildman–Crippen LogP) is 3.18. The van der Waals surface area contributed by atoms with E-state index in [-0.39, 0.29) is 17.9 Å². The third-order valence-corrected chi connectivity index (χ3v) is 4.16. The molecule has 0 spiro atoms. The summed E-state index contributed by atoms with van der Waals surface area (Å²) < 4.78 is 0. The molecule has 0 fully saturated rings. The lowest BCUT2D eigenvalue weighted by molar-refractivity contribution is 0.0955. The third kappa shape index (κ3) is 5.43. The van der Waals surface area contributed by atoms with Gasteiger partial charge in [0.1, 0.15) is 0 Å². The number of benzene rings is 2. The van der Waals surface area contributed by atoms with Gasteiger partial charge in [-0.3, -0.25) is 4.79 Å². The summed E-state index contributed by atoms with van der Waals surface area (Å²) in [5, 5.41) is 13.0. The lowest BCUT2D eigenvalue weighted by atomic mass is 9.87. The van der Waals surface area contributed by atoms with Gasteiger partial charge in [0.05, 0.1) is 12.8 Å². The van der Waals surface area contributed by atoms with E-state index < -0.39 is 0 Å². The van der Waals surface area contributed by atoms with Crippen LogP contribution < -0.4 is 10.3 Å². The molecule has 0 unspecified atom stereocenters. The number of aliphatic hydroxyl groups excluding tert-OH is 1. The monoisotopic (exact) mass is 353 g/mol. The van der Waals surface area contributed by atoms with Gasteiger partial charge in [-0.15, -0.1) is 0 Å². The van der Waals surface area contributed by atoms with E-state index in [9.17, 15) is 4.79 Å².